The number of urea groups is 1. The van der Waals surface area contributed by atoms with Gasteiger partial charge in [-0.2, -0.15) is 0 Å². The maximum atomic E-state index is 14.0. The van der Waals surface area contributed by atoms with E-state index in [1.807, 2.05) is 28.0 Å². The van der Waals surface area contributed by atoms with Crippen LogP contribution in [0.25, 0.3) is 0 Å². The highest BCUT2D eigenvalue weighted by molar-refractivity contribution is 5.84. The molecule has 3 aliphatic carbocycles. The monoisotopic (exact) mass is 614 g/mol. The third-order valence-electron chi connectivity index (χ3n) is 11.4. The molecule has 8 nitrogen and oxygen atoms in total. The van der Waals surface area contributed by atoms with E-state index in [2.05, 4.69) is 47.9 Å². The Morgan fingerprint density at radius 1 is 0.978 bits per heavy atom. The SMILES string of the molecule is CCc1ccc2c(c1)[C@@H](NC[C@@H](O)[C@H](Cc1ccccc1)NC(=O)C1CN(C3CCC3)C(=O)N(C3CCC3)C1)CC1(CCC1)O2. The van der Waals surface area contributed by atoms with Gasteiger partial charge in [0.25, 0.3) is 0 Å². The first kappa shape index (κ1) is 30.5. The number of amides is 3. The van der Waals surface area contributed by atoms with Gasteiger partial charge in [0, 0.05) is 49.7 Å². The minimum Gasteiger partial charge on any atom is -0.487 e. The minimum atomic E-state index is -0.789. The van der Waals surface area contributed by atoms with Crippen LogP contribution in [0.2, 0.25) is 0 Å². The number of benzene rings is 2. The van der Waals surface area contributed by atoms with Gasteiger partial charge in [0.15, 0.2) is 0 Å². The molecule has 3 amide bonds. The Bertz CT molecular complexity index is 1330. The summed E-state index contributed by atoms with van der Waals surface area (Å²) in [5.74, 6) is 0.586. The van der Waals surface area contributed by atoms with Gasteiger partial charge in [0.1, 0.15) is 11.4 Å². The van der Waals surface area contributed by atoms with Crippen molar-refractivity contribution in [3.05, 3.63) is 65.2 Å². The quantitative estimate of drug-likeness (QED) is 0.326. The van der Waals surface area contributed by atoms with Crippen molar-refractivity contribution in [3.8, 4) is 5.75 Å². The van der Waals surface area contributed by atoms with Gasteiger partial charge in [-0.15, -0.1) is 0 Å². The van der Waals surface area contributed by atoms with Crippen LogP contribution in [-0.4, -0.2) is 76.3 Å². The third kappa shape index (κ3) is 6.33. The van der Waals surface area contributed by atoms with Crippen LogP contribution in [-0.2, 0) is 17.6 Å². The molecule has 3 saturated carbocycles. The van der Waals surface area contributed by atoms with Gasteiger partial charge in [-0.1, -0.05) is 49.4 Å². The van der Waals surface area contributed by atoms with Gasteiger partial charge < -0.3 is 30.3 Å². The van der Waals surface area contributed by atoms with Crippen LogP contribution >= 0.6 is 0 Å². The first-order valence-corrected chi connectivity index (χ1v) is 17.6. The molecule has 3 N–H and O–H groups in total. The summed E-state index contributed by atoms with van der Waals surface area (Å²) in [4.78, 5) is 31.4. The van der Waals surface area contributed by atoms with E-state index in [-0.39, 0.29) is 41.6 Å². The van der Waals surface area contributed by atoms with E-state index < -0.39 is 12.1 Å². The lowest BCUT2D eigenvalue weighted by Gasteiger charge is -2.50. The Balaban J connectivity index is 1.07. The fourth-order valence-electron chi connectivity index (χ4n) is 7.88. The molecule has 242 valence electrons. The van der Waals surface area contributed by atoms with Crippen LogP contribution in [0.4, 0.5) is 4.79 Å². The summed E-state index contributed by atoms with van der Waals surface area (Å²) in [5, 5.41) is 18.7. The van der Waals surface area contributed by atoms with Gasteiger partial charge in [0.05, 0.1) is 18.1 Å². The molecule has 8 heteroatoms. The number of aryl methyl sites for hydroxylation is 1. The number of nitrogens with zero attached hydrogens (tertiary/aromatic N) is 2. The fraction of sp³-hybridized carbons (Fsp3) is 0.622. The molecule has 3 atom stereocenters. The molecule has 2 aliphatic heterocycles. The fourth-order valence-corrected chi connectivity index (χ4v) is 7.88. The van der Waals surface area contributed by atoms with Gasteiger partial charge in [-0.25, -0.2) is 4.79 Å². The number of hydrogen-bond donors (Lipinski definition) is 3. The first-order chi connectivity index (χ1) is 21.9. The molecule has 0 unspecified atom stereocenters. The van der Waals surface area contributed by atoms with Crippen molar-refractivity contribution in [3.63, 3.8) is 0 Å². The Morgan fingerprint density at radius 3 is 2.24 bits per heavy atom. The largest absolute Gasteiger partial charge is 0.487 e. The summed E-state index contributed by atoms with van der Waals surface area (Å²) < 4.78 is 6.53. The molecule has 1 spiro atoms. The molecule has 2 heterocycles. The van der Waals surface area contributed by atoms with E-state index >= 15 is 0 Å². The summed E-state index contributed by atoms with van der Waals surface area (Å²) in [6.07, 6.45) is 11.3. The van der Waals surface area contributed by atoms with Crippen LogP contribution in [0, 0.1) is 5.92 Å². The standard InChI is InChI=1S/C37H50N4O4/c1-2-25-15-16-34-30(19-25)32(21-37(45-34)17-8-18-37)38-22-33(42)31(20-26-9-4-3-5-10-26)39-35(43)27-23-40(28-11-6-12-28)36(44)41(24-27)29-13-7-14-29/h3-5,9-10,15-16,19,27-29,31-33,38,42H,2,6-8,11-14,17-18,20-24H2,1H3,(H,39,43)/t31-,32-,33+/m0/s1. The third-order valence-corrected chi connectivity index (χ3v) is 11.4. The van der Waals surface area contributed by atoms with Crippen LogP contribution in [0.5, 0.6) is 5.75 Å². The van der Waals surface area contributed by atoms with Gasteiger partial charge >= 0.3 is 6.03 Å². The van der Waals surface area contributed by atoms with Crippen LogP contribution in [0.15, 0.2) is 48.5 Å². The zero-order valence-corrected chi connectivity index (χ0v) is 26.8. The second-order valence-corrected chi connectivity index (χ2v) is 14.4. The number of rotatable bonds is 11. The Morgan fingerprint density at radius 2 is 1.67 bits per heavy atom. The number of carbonyl (C=O) groups excluding carboxylic acids is 2. The average Bonchev–Trinajstić information content (AvgIpc) is 2.98. The van der Waals surface area contributed by atoms with E-state index in [1.165, 1.54) is 17.5 Å². The number of carbonyl (C=O) groups is 2. The van der Waals surface area contributed by atoms with Crippen LogP contribution in [0.1, 0.15) is 93.9 Å². The molecule has 0 bridgehead atoms. The summed E-state index contributed by atoms with van der Waals surface area (Å²) in [6, 6.07) is 16.9. The van der Waals surface area contributed by atoms with E-state index in [0.29, 0.717) is 26.1 Å². The van der Waals surface area contributed by atoms with Crippen molar-refractivity contribution in [1.29, 1.82) is 0 Å². The zero-order chi connectivity index (χ0) is 31.0. The van der Waals surface area contributed by atoms with Gasteiger partial charge in [-0.3, -0.25) is 4.79 Å². The van der Waals surface area contributed by atoms with Crippen LogP contribution in [0.3, 0.4) is 0 Å². The smallest absolute Gasteiger partial charge is 0.320 e. The van der Waals surface area contributed by atoms with Gasteiger partial charge in [-0.05, 0) is 87.8 Å². The predicted octanol–water partition coefficient (Wildman–Crippen LogP) is 5.13. The normalized spacial score (nSPS) is 24.6. The first-order valence-electron chi connectivity index (χ1n) is 17.6. The van der Waals surface area contributed by atoms with Crippen molar-refractivity contribution in [2.45, 2.75) is 120 Å². The maximum Gasteiger partial charge on any atom is 0.320 e. The second kappa shape index (κ2) is 13.0. The summed E-state index contributed by atoms with van der Waals surface area (Å²) in [6.45, 7) is 3.46. The molecule has 0 radical (unpaired) electrons. The van der Waals surface area contributed by atoms with Crippen molar-refractivity contribution in [2.24, 2.45) is 5.92 Å². The highest BCUT2D eigenvalue weighted by atomic mass is 16.5. The molecule has 4 fully saturated rings. The van der Waals surface area contributed by atoms with Crippen molar-refractivity contribution >= 4 is 11.9 Å². The predicted molar refractivity (Wildman–Crippen MR) is 174 cm³/mol. The number of aliphatic hydroxyl groups is 1. The highest BCUT2D eigenvalue weighted by Crippen LogP contribution is 2.49. The molecule has 45 heavy (non-hydrogen) atoms. The van der Waals surface area contributed by atoms with Crippen molar-refractivity contribution in [2.75, 3.05) is 19.6 Å². The molecule has 5 aliphatic rings. The Hall–Kier alpha value is -3.10. The van der Waals surface area contributed by atoms with Crippen LogP contribution < -0.4 is 15.4 Å². The summed E-state index contributed by atoms with van der Waals surface area (Å²) in [7, 11) is 0. The zero-order valence-electron chi connectivity index (χ0n) is 26.8. The topological polar surface area (TPSA) is 94.1 Å². The summed E-state index contributed by atoms with van der Waals surface area (Å²) in [5.41, 5.74) is 3.41. The summed E-state index contributed by atoms with van der Waals surface area (Å²) >= 11 is 0. The molecule has 2 aromatic rings. The second-order valence-electron chi connectivity index (χ2n) is 14.4. The highest BCUT2D eigenvalue weighted by Gasteiger charge is 2.46. The minimum absolute atomic E-state index is 0.0615. The van der Waals surface area contributed by atoms with E-state index in [0.717, 1.165) is 75.5 Å². The van der Waals surface area contributed by atoms with Crippen molar-refractivity contribution < 1.29 is 19.4 Å². The van der Waals surface area contributed by atoms with E-state index in [4.69, 9.17) is 4.74 Å². The van der Waals surface area contributed by atoms with E-state index in [9.17, 15) is 14.7 Å². The average molecular weight is 615 g/mol. The lowest BCUT2D eigenvalue weighted by atomic mass is 9.72. The van der Waals surface area contributed by atoms with Gasteiger partial charge in [0.2, 0.25) is 5.91 Å². The lowest BCUT2D eigenvalue weighted by Crippen LogP contribution is -2.64. The molecule has 1 saturated heterocycles. The lowest BCUT2D eigenvalue weighted by molar-refractivity contribution is -0.129. The number of fused-ring (bicyclic) bond motifs is 1. The number of nitrogens with one attached hydrogen (secondary N) is 2. The molecular formula is C37H50N4O4. The molecule has 2 aromatic carbocycles. The molecule has 0 aromatic heterocycles. The Kier molecular flexibility index (Phi) is 8.79. The van der Waals surface area contributed by atoms with Crippen molar-refractivity contribution in [1.82, 2.24) is 20.4 Å². The van der Waals surface area contributed by atoms with E-state index in [1.54, 1.807) is 0 Å². The molecule has 7 rings (SSSR count). The number of aliphatic hydroxyl groups excluding tert-OH is 1. The number of ether oxygens (including phenoxy) is 1. The number of hydrogen-bond acceptors (Lipinski definition) is 5. The molecular weight excluding hydrogens is 564 g/mol. The Labute approximate surface area is 267 Å². The maximum absolute atomic E-state index is 14.0.